The van der Waals surface area contributed by atoms with E-state index in [1.807, 2.05) is 30.3 Å². The summed E-state index contributed by atoms with van der Waals surface area (Å²) in [6, 6.07) is 17.0. The van der Waals surface area contributed by atoms with Gasteiger partial charge in [0, 0.05) is 29.0 Å². The number of hydrogen-bond acceptors (Lipinski definition) is 6. The zero-order valence-corrected chi connectivity index (χ0v) is 26.9. The molecule has 6 rings (SSSR count). The molecule has 0 saturated heterocycles. The van der Waals surface area contributed by atoms with Gasteiger partial charge in [0.2, 0.25) is 0 Å². The molecule has 0 bridgehead atoms. The molecule has 2 aliphatic rings. The molecular weight excluding hydrogens is 564 g/mol. The quantitative estimate of drug-likeness (QED) is 0.147. The first-order valence-electron chi connectivity index (χ1n) is 16.5. The largest absolute Gasteiger partial charge is 0.507 e. The minimum atomic E-state index is -0.790. The van der Waals surface area contributed by atoms with Gasteiger partial charge in [0.25, 0.3) is 0 Å². The highest BCUT2D eigenvalue weighted by atomic mass is 16.5. The van der Waals surface area contributed by atoms with Crippen LogP contribution in [0.2, 0.25) is 0 Å². The number of methoxy groups -OCH3 is 2. The average molecular weight is 611 g/mol. The van der Waals surface area contributed by atoms with E-state index in [0.29, 0.717) is 23.8 Å². The van der Waals surface area contributed by atoms with Crippen molar-refractivity contribution in [1.29, 1.82) is 0 Å². The zero-order valence-electron chi connectivity index (χ0n) is 26.9. The van der Waals surface area contributed by atoms with Crippen LogP contribution in [0.5, 0.6) is 28.7 Å². The fraction of sp³-hybridized carbons (Fsp3) is 0.436. The van der Waals surface area contributed by atoms with E-state index >= 15 is 0 Å². The predicted octanol–water partition coefficient (Wildman–Crippen LogP) is 9.00. The van der Waals surface area contributed by atoms with E-state index < -0.39 is 12.2 Å². The summed E-state index contributed by atoms with van der Waals surface area (Å²) >= 11 is 0. The summed E-state index contributed by atoms with van der Waals surface area (Å²) in [7, 11) is 3.21. The van der Waals surface area contributed by atoms with Gasteiger partial charge in [-0.05, 0) is 70.5 Å². The van der Waals surface area contributed by atoms with Gasteiger partial charge in [0.05, 0.1) is 20.3 Å². The molecule has 0 amide bonds. The maximum absolute atomic E-state index is 11.6. The molecule has 1 aliphatic heterocycles. The van der Waals surface area contributed by atoms with E-state index in [1.54, 1.807) is 25.3 Å². The molecule has 3 N–H and O–H groups in total. The second-order valence-corrected chi connectivity index (χ2v) is 13.0. The third-order valence-corrected chi connectivity index (χ3v) is 9.95. The molecule has 0 radical (unpaired) electrons. The van der Waals surface area contributed by atoms with Gasteiger partial charge in [-0.3, -0.25) is 0 Å². The first-order valence-corrected chi connectivity index (χ1v) is 16.5. The smallest absolute Gasteiger partial charge is 0.160 e. The number of ether oxygens (including phenoxy) is 3. The van der Waals surface area contributed by atoms with Gasteiger partial charge in [0.1, 0.15) is 23.4 Å². The van der Waals surface area contributed by atoms with E-state index in [9.17, 15) is 15.3 Å². The van der Waals surface area contributed by atoms with Gasteiger partial charge in [0.15, 0.2) is 11.5 Å². The minimum Gasteiger partial charge on any atom is -0.507 e. The lowest BCUT2D eigenvalue weighted by atomic mass is 9.71. The van der Waals surface area contributed by atoms with Gasteiger partial charge in [-0.2, -0.15) is 0 Å². The van der Waals surface area contributed by atoms with Crippen molar-refractivity contribution < 1.29 is 29.5 Å². The molecule has 4 aromatic carbocycles. The van der Waals surface area contributed by atoms with Gasteiger partial charge in [-0.1, -0.05) is 82.7 Å². The van der Waals surface area contributed by atoms with Crippen LogP contribution in [0.15, 0.2) is 54.6 Å². The number of benzene rings is 4. The number of hydrogen-bond donors (Lipinski definition) is 3. The normalized spacial score (nSPS) is 19.3. The van der Waals surface area contributed by atoms with Gasteiger partial charge < -0.3 is 29.5 Å². The number of fused-ring (bicyclic) bond motifs is 7. The Bertz CT molecular complexity index is 1680. The molecule has 1 heterocycles. The number of phenols is 2. The maximum atomic E-state index is 11.6. The topological polar surface area (TPSA) is 88.4 Å². The average Bonchev–Trinajstić information content (AvgIpc) is 3.04. The van der Waals surface area contributed by atoms with Crippen molar-refractivity contribution in [1.82, 2.24) is 0 Å². The molecule has 4 aromatic rings. The number of aliphatic hydroxyl groups is 1. The first kappa shape index (κ1) is 31.1. The van der Waals surface area contributed by atoms with Crippen molar-refractivity contribution in [3.63, 3.8) is 0 Å². The fourth-order valence-corrected chi connectivity index (χ4v) is 7.66. The lowest BCUT2D eigenvalue weighted by molar-refractivity contribution is 0.0201. The highest BCUT2D eigenvalue weighted by Gasteiger charge is 2.38. The van der Waals surface area contributed by atoms with Crippen molar-refractivity contribution in [3.05, 3.63) is 76.9 Å². The van der Waals surface area contributed by atoms with Crippen LogP contribution in [-0.4, -0.2) is 35.6 Å². The van der Waals surface area contributed by atoms with E-state index in [4.69, 9.17) is 14.2 Å². The van der Waals surface area contributed by atoms with Crippen molar-refractivity contribution >= 4 is 10.8 Å². The summed E-state index contributed by atoms with van der Waals surface area (Å²) in [6.07, 6.45) is 8.22. The molecule has 0 fully saturated rings. The van der Waals surface area contributed by atoms with E-state index in [0.717, 1.165) is 69.4 Å². The lowest BCUT2D eigenvalue weighted by Gasteiger charge is -2.38. The molecule has 45 heavy (non-hydrogen) atoms. The standard InChI is InChI=1S/C39H46O6/c1-5-6-7-11-23(2)12-10-13-24-18-26-19-31(41)27-14-8-9-15-28(27)37(26)38-35(44-4)22-33-29(36(24)38)21-32(42)39(45-33)25-16-17-30(40)34(20-25)43-3/h8-9,14-17,19-20,22-24,32,39-42H,5-7,10-13,18,21H2,1-4H3/t23-,24-,32+,39-/m0/s1. The Hall–Kier alpha value is -3.90. The Morgan fingerprint density at radius 2 is 1.60 bits per heavy atom. The van der Waals surface area contributed by atoms with E-state index in [2.05, 4.69) is 19.9 Å². The van der Waals surface area contributed by atoms with Crippen LogP contribution in [0, 0.1) is 5.92 Å². The molecule has 0 aromatic heterocycles. The van der Waals surface area contributed by atoms with Crippen LogP contribution >= 0.6 is 0 Å². The van der Waals surface area contributed by atoms with Crippen LogP contribution in [0.1, 0.15) is 93.1 Å². The molecule has 4 atom stereocenters. The SMILES string of the molecule is CCCCC[C@H](C)CCC[C@H]1Cc2cc(O)c3ccccc3c2-c2c(OC)cc3c(c21)C[C@@H](O)[C@H](c1ccc(O)c(OC)c1)O3. The molecule has 1 aliphatic carbocycles. The van der Waals surface area contributed by atoms with Crippen molar-refractivity contribution in [2.24, 2.45) is 5.92 Å². The summed E-state index contributed by atoms with van der Waals surface area (Å²) in [5.74, 6) is 3.02. The molecular formula is C39H46O6. The Balaban J connectivity index is 1.44. The number of unbranched alkanes of at least 4 members (excludes halogenated alkanes) is 2. The van der Waals surface area contributed by atoms with Crippen LogP contribution in [0.25, 0.3) is 21.9 Å². The number of rotatable bonds is 11. The van der Waals surface area contributed by atoms with Crippen molar-refractivity contribution in [2.75, 3.05) is 14.2 Å². The third kappa shape index (κ3) is 5.93. The van der Waals surface area contributed by atoms with Crippen LogP contribution in [0.3, 0.4) is 0 Å². The van der Waals surface area contributed by atoms with Crippen LogP contribution in [0.4, 0.5) is 0 Å². The molecule has 6 heteroatoms. The molecule has 238 valence electrons. The summed E-state index contributed by atoms with van der Waals surface area (Å²) < 4.78 is 18.1. The Labute approximate surface area is 266 Å². The number of aliphatic hydroxyl groups excluding tert-OH is 1. The lowest BCUT2D eigenvalue weighted by Crippen LogP contribution is -2.32. The second kappa shape index (κ2) is 13.2. The molecule has 0 unspecified atom stereocenters. The van der Waals surface area contributed by atoms with E-state index in [1.165, 1.54) is 44.8 Å². The Morgan fingerprint density at radius 1 is 0.844 bits per heavy atom. The summed E-state index contributed by atoms with van der Waals surface area (Å²) in [5.41, 5.74) is 6.25. The highest BCUT2D eigenvalue weighted by Crippen LogP contribution is 2.55. The van der Waals surface area contributed by atoms with Gasteiger partial charge >= 0.3 is 0 Å². The maximum Gasteiger partial charge on any atom is 0.160 e. The fourth-order valence-electron chi connectivity index (χ4n) is 7.66. The third-order valence-electron chi connectivity index (χ3n) is 9.95. The van der Waals surface area contributed by atoms with E-state index in [-0.39, 0.29) is 11.7 Å². The van der Waals surface area contributed by atoms with Crippen LogP contribution in [-0.2, 0) is 12.8 Å². The number of aromatic hydroxyl groups is 2. The van der Waals surface area contributed by atoms with Crippen molar-refractivity contribution in [3.8, 4) is 39.9 Å². The van der Waals surface area contributed by atoms with Crippen molar-refractivity contribution in [2.45, 2.75) is 89.8 Å². The summed E-state index contributed by atoms with van der Waals surface area (Å²) in [5, 5.41) is 34.6. The second-order valence-electron chi connectivity index (χ2n) is 13.0. The predicted molar refractivity (Wildman–Crippen MR) is 179 cm³/mol. The minimum absolute atomic E-state index is 0.0436. The summed E-state index contributed by atoms with van der Waals surface area (Å²) in [6.45, 7) is 4.63. The van der Waals surface area contributed by atoms with Gasteiger partial charge in [-0.15, -0.1) is 0 Å². The highest BCUT2D eigenvalue weighted by molar-refractivity contribution is 6.04. The zero-order chi connectivity index (χ0) is 31.7. The number of phenolic OH excluding ortho intramolecular Hbond substituents is 2. The Morgan fingerprint density at radius 3 is 2.36 bits per heavy atom. The Kier molecular flexibility index (Phi) is 9.14. The first-order chi connectivity index (χ1) is 21.8. The summed E-state index contributed by atoms with van der Waals surface area (Å²) in [4.78, 5) is 0. The van der Waals surface area contributed by atoms with Gasteiger partial charge in [-0.25, -0.2) is 0 Å². The molecule has 0 saturated carbocycles. The monoisotopic (exact) mass is 610 g/mol. The van der Waals surface area contributed by atoms with Crippen LogP contribution < -0.4 is 14.2 Å². The molecule has 0 spiro atoms. The molecule has 6 nitrogen and oxygen atoms in total.